The van der Waals surface area contributed by atoms with Crippen LogP contribution in [-0.4, -0.2) is 33.7 Å². The molecule has 5 heteroatoms. The third-order valence-corrected chi connectivity index (χ3v) is 3.09. The van der Waals surface area contributed by atoms with Crippen LogP contribution in [0.5, 0.6) is 0 Å². The van der Waals surface area contributed by atoms with Gasteiger partial charge in [-0.15, -0.1) is 0 Å². The van der Waals surface area contributed by atoms with Gasteiger partial charge in [0.05, 0.1) is 11.4 Å². The van der Waals surface area contributed by atoms with E-state index in [0.717, 1.165) is 38.0 Å². The maximum Gasteiger partial charge on any atom is 0.274 e. The summed E-state index contributed by atoms with van der Waals surface area (Å²) >= 11 is 0. The molecule has 0 unspecified atom stereocenters. The van der Waals surface area contributed by atoms with Crippen LogP contribution in [-0.2, 0) is 13.5 Å². The highest BCUT2D eigenvalue weighted by molar-refractivity contribution is 5.98. The van der Waals surface area contributed by atoms with Crippen molar-refractivity contribution in [1.29, 1.82) is 0 Å². The number of rotatable bonds is 2. The van der Waals surface area contributed by atoms with Gasteiger partial charge in [-0.3, -0.25) is 9.48 Å². The monoisotopic (exact) mass is 222 g/mol. The first-order valence-corrected chi connectivity index (χ1v) is 5.75. The Morgan fingerprint density at radius 1 is 1.44 bits per heavy atom. The Morgan fingerprint density at radius 3 is 2.56 bits per heavy atom. The first kappa shape index (κ1) is 11.0. The van der Waals surface area contributed by atoms with Gasteiger partial charge in [0.25, 0.3) is 5.91 Å². The van der Waals surface area contributed by atoms with Gasteiger partial charge in [0.1, 0.15) is 5.69 Å². The third kappa shape index (κ3) is 1.66. The maximum atomic E-state index is 12.2. The minimum atomic E-state index is 0.0182. The largest absolute Gasteiger partial charge is 0.395 e. The number of hydrogen-bond acceptors (Lipinski definition) is 3. The van der Waals surface area contributed by atoms with E-state index in [9.17, 15) is 4.79 Å². The van der Waals surface area contributed by atoms with Crippen molar-refractivity contribution in [3.8, 4) is 0 Å². The average molecular weight is 222 g/mol. The summed E-state index contributed by atoms with van der Waals surface area (Å²) < 4.78 is 1.61. The molecule has 1 fully saturated rings. The lowest BCUT2D eigenvalue weighted by molar-refractivity contribution is 0.0783. The summed E-state index contributed by atoms with van der Waals surface area (Å²) in [5.41, 5.74) is 7.85. The minimum Gasteiger partial charge on any atom is -0.395 e. The summed E-state index contributed by atoms with van der Waals surface area (Å²) in [7, 11) is 1.78. The highest BCUT2D eigenvalue weighted by Gasteiger charge is 2.25. The lowest BCUT2D eigenvalue weighted by atomic mass is 10.2. The highest BCUT2D eigenvalue weighted by Crippen LogP contribution is 2.20. The second-order valence-corrected chi connectivity index (χ2v) is 4.19. The molecule has 0 spiro atoms. The quantitative estimate of drug-likeness (QED) is 0.805. The fourth-order valence-corrected chi connectivity index (χ4v) is 2.18. The van der Waals surface area contributed by atoms with Gasteiger partial charge in [-0.25, -0.2) is 0 Å². The molecule has 16 heavy (non-hydrogen) atoms. The van der Waals surface area contributed by atoms with Crippen molar-refractivity contribution in [1.82, 2.24) is 14.7 Å². The molecule has 0 aliphatic carbocycles. The second-order valence-electron chi connectivity index (χ2n) is 4.19. The van der Waals surface area contributed by atoms with Crippen LogP contribution in [0.25, 0.3) is 0 Å². The van der Waals surface area contributed by atoms with Crippen molar-refractivity contribution in [2.45, 2.75) is 26.2 Å². The molecular weight excluding hydrogens is 204 g/mol. The van der Waals surface area contributed by atoms with E-state index in [2.05, 4.69) is 5.10 Å². The maximum absolute atomic E-state index is 12.2. The van der Waals surface area contributed by atoms with E-state index >= 15 is 0 Å². The number of amides is 1. The number of carbonyl (C=O) groups excluding carboxylic acids is 1. The van der Waals surface area contributed by atoms with E-state index in [1.165, 1.54) is 0 Å². The number of carbonyl (C=O) groups is 1. The molecule has 0 saturated carbocycles. The second kappa shape index (κ2) is 4.15. The first-order valence-electron chi connectivity index (χ1n) is 5.75. The molecule has 0 radical (unpaired) electrons. The summed E-state index contributed by atoms with van der Waals surface area (Å²) in [5, 5.41) is 4.27. The fourth-order valence-electron chi connectivity index (χ4n) is 2.18. The van der Waals surface area contributed by atoms with Gasteiger partial charge in [-0.1, -0.05) is 6.92 Å². The Kier molecular flexibility index (Phi) is 2.85. The molecular formula is C11H18N4O. The van der Waals surface area contributed by atoms with Gasteiger partial charge in [-0.2, -0.15) is 5.10 Å². The van der Waals surface area contributed by atoms with Gasteiger partial charge < -0.3 is 10.6 Å². The Morgan fingerprint density at radius 2 is 2.06 bits per heavy atom. The van der Waals surface area contributed by atoms with Gasteiger partial charge in [-0.05, 0) is 19.3 Å². The molecule has 0 aromatic carbocycles. The standard InChI is InChI=1S/C11H18N4O/c1-3-8-9(12)10(14(2)13-8)11(16)15-6-4-5-7-15/h3-7,12H2,1-2H3. The van der Waals surface area contributed by atoms with E-state index in [1.807, 2.05) is 11.8 Å². The predicted octanol–water partition coefficient (Wildman–Crippen LogP) is 0.801. The van der Waals surface area contributed by atoms with Crippen molar-refractivity contribution in [3.05, 3.63) is 11.4 Å². The molecule has 0 atom stereocenters. The highest BCUT2D eigenvalue weighted by atomic mass is 16.2. The van der Waals surface area contributed by atoms with Gasteiger partial charge in [0.2, 0.25) is 0 Å². The first-order chi connectivity index (χ1) is 7.65. The molecule has 88 valence electrons. The van der Waals surface area contributed by atoms with Crippen LogP contribution < -0.4 is 5.73 Å². The zero-order chi connectivity index (χ0) is 11.7. The van der Waals surface area contributed by atoms with Crippen LogP contribution in [0, 0.1) is 0 Å². The molecule has 1 aliphatic heterocycles. The molecule has 0 bridgehead atoms. The van der Waals surface area contributed by atoms with E-state index in [0.29, 0.717) is 11.4 Å². The number of aromatic nitrogens is 2. The van der Waals surface area contributed by atoms with E-state index in [4.69, 9.17) is 5.73 Å². The van der Waals surface area contributed by atoms with E-state index in [-0.39, 0.29) is 5.91 Å². The zero-order valence-electron chi connectivity index (χ0n) is 9.86. The Hall–Kier alpha value is -1.52. The van der Waals surface area contributed by atoms with Crippen LogP contribution in [0.1, 0.15) is 35.9 Å². The molecule has 1 aliphatic rings. The zero-order valence-corrected chi connectivity index (χ0v) is 9.86. The minimum absolute atomic E-state index is 0.0182. The van der Waals surface area contributed by atoms with Gasteiger partial charge in [0.15, 0.2) is 0 Å². The molecule has 1 saturated heterocycles. The molecule has 1 aromatic heterocycles. The van der Waals surface area contributed by atoms with Crippen molar-refractivity contribution < 1.29 is 4.79 Å². The van der Waals surface area contributed by atoms with Crippen molar-refractivity contribution in [3.63, 3.8) is 0 Å². The number of likely N-dealkylation sites (tertiary alicyclic amines) is 1. The van der Waals surface area contributed by atoms with Crippen LogP contribution >= 0.6 is 0 Å². The van der Waals surface area contributed by atoms with Gasteiger partial charge in [0, 0.05) is 20.1 Å². The number of nitrogens with two attached hydrogens (primary N) is 1. The normalized spacial score (nSPS) is 15.8. The summed E-state index contributed by atoms with van der Waals surface area (Å²) in [6.45, 7) is 3.67. The van der Waals surface area contributed by atoms with Crippen molar-refractivity contribution >= 4 is 11.6 Å². The van der Waals surface area contributed by atoms with Crippen LogP contribution in [0.2, 0.25) is 0 Å². The summed E-state index contributed by atoms with van der Waals surface area (Å²) in [5.74, 6) is 0.0182. The molecule has 2 N–H and O–H groups in total. The molecule has 2 heterocycles. The summed E-state index contributed by atoms with van der Waals surface area (Å²) in [6.07, 6.45) is 2.93. The topological polar surface area (TPSA) is 64.2 Å². The number of nitrogen functional groups attached to an aromatic ring is 1. The summed E-state index contributed by atoms with van der Waals surface area (Å²) in [6, 6.07) is 0. The number of aryl methyl sites for hydroxylation is 2. The smallest absolute Gasteiger partial charge is 0.274 e. The Bertz CT molecular complexity index is 404. The number of nitrogens with zero attached hydrogens (tertiary/aromatic N) is 3. The number of hydrogen-bond donors (Lipinski definition) is 1. The molecule has 1 amide bonds. The average Bonchev–Trinajstić information content (AvgIpc) is 2.86. The Labute approximate surface area is 95.2 Å². The third-order valence-electron chi connectivity index (χ3n) is 3.09. The van der Waals surface area contributed by atoms with Crippen LogP contribution in [0.15, 0.2) is 0 Å². The number of anilines is 1. The SMILES string of the molecule is CCc1nn(C)c(C(=O)N2CCCC2)c1N. The van der Waals surface area contributed by atoms with E-state index < -0.39 is 0 Å². The van der Waals surface area contributed by atoms with Gasteiger partial charge >= 0.3 is 0 Å². The van der Waals surface area contributed by atoms with Crippen molar-refractivity contribution in [2.75, 3.05) is 18.8 Å². The van der Waals surface area contributed by atoms with Crippen molar-refractivity contribution in [2.24, 2.45) is 7.05 Å². The Balaban J connectivity index is 2.32. The molecule has 1 aromatic rings. The molecule has 2 rings (SSSR count). The fraction of sp³-hybridized carbons (Fsp3) is 0.636. The predicted molar refractivity (Wildman–Crippen MR) is 62.1 cm³/mol. The lowest BCUT2D eigenvalue weighted by Gasteiger charge is -2.15. The summed E-state index contributed by atoms with van der Waals surface area (Å²) in [4.78, 5) is 14.1. The lowest BCUT2D eigenvalue weighted by Crippen LogP contribution is -2.30. The van der Waals surface area contributed by atoms with Crippen LogP contribution in [0.4, 0.5) is 5.69 Å². The molecule has 5 nitrogen and oxygen atoms in total. The van der Waals surface area contributed by atoms with Crippen LogP contribution in [0.3, 0.4) is 0 Å². The van der Waals surface area contributed by atoms with E-state index in [1.54, 1.807) is 11.7 Å².